The molecule has 2 N–H and O–H groups in total. The van der Waals surface area contributed by atoms with Crippen molar-refractivity contribution in [2.45, 2.75) is 0 Å². The van der Waals surface area contributed by atoms with E-state index in [2.05, 4.69) is 0 Å². The molecule has 19 heavy (non-hydrogen) atoms. The van der Waals surface area contributed by atoms with Gasteiger partial charge in [-0.1, -0.05) is 23.2 Å². The Balaban J connectivity index is 2.50. The molecule has 0 aliphatic carbocycles. The molecule has 0 radical (unpaired) electrons. The van der Waals surface area contributed by atoms with E-state index in [-0.39, 0.29) is 26.9 Å². The van der Waals surface area contributed by atoms with Gasteiger partial charge in [-0.05, 0) is 24.3 Å². The molecular weight excluding hydrogens is 295 g/mol. The Morgan fingerprint density at radius 3 is 2.37 bits per heavy atom. The van der Waals surface area contributed by atoms with E-state index in [1.807, 2.05) is 0 Å². The molecule has 0 fully saturated rings. The smallest absolute Gasteiger partial charge is 0.196 e. The van der Waals surface area contributed by atoms with Gasteiger partial charge in [-0.3, -0.25) is 4.79 Å². The lowest BCUT2D eigenvalue weighted by atomic mass is 10.0. The van der Waals surface area contributed by atoms with E-state index in [1.165, 1.54) is 12.1 Å². The molecule has 0 aliphatic heterocycles. The molecule has 2 aromatic carbocycles. The molecule has 98 valence electrons. The van der Waals surface area contributed by atoms with Crippen LogP contribution < -0.4 is 5.73 Å². The van der Waals surface area contributed by atoms with Crippen molar-refractivity contribution >= 4 is 34.7 Å². The summed E-state index contributed by atoms with van der Waals surface area (Å²) in [7, 11) is 0. The number of anilines is 1. The first-order valence-electron chi connectivity index (χ1n) is 5.14. The minimum Gasteiger partial charge on any atom is -0.397 e. The standard InChI is InChI=1S/C13H7Cl2F2NO/c14-9-3-6(4-11(18)12(9)15)13(19)8-2-1-7(16)5-10(8)17/h1-5H,18H2. The Hall–Kier alpha value is -1.65. The molecule has 0 amide bonds. The summed E-state index contributed by atoms with van der Waals surface area (Å²) in [6.45, 7) is 0. The minimum absolute atomic E-state index is 0.0809. The van der Waals surface area contributed by atoms with Crippen LogP contribution in [0.15, 0.2) is 30.3 Å². The van der Waals surface area contributed by atoms with E-state index < -0.39 is 17.4 Å². The highest BCUT2D eigenvalue weighted by Crippen LogP contribution is 2.30. The second-order valence-electron chi connectivity index (χ2n) is 3.81. The van der Waals surface area contributed by atoms with Gasteiger partial charge in [-0.25, -0.2) is 8.78 Å². The van der Waals surface area contributed by atoms with Crippen molar-refractivity contribution in [1.29, 1.82) is 0 Å². The van der Waals surface area contributed by atoms with Gasteiger partial charge in [0.15, 0.2) is 5.78 Å². The summed E-state index contributed by atoms with van der Waals surface area (Å²) in [5.41, 5.74) is 5.50. The van der Waals surface area contributed by atoms with Gasteiger partial charge in [-0.15, -0.1) is 0 Å². The third-order valence-corrected chi connectivity index (χ3v) is 3.31. The van der Waals surface area contributed by atoms with E-state index in [0.29, 0.717) is 6.07 Å². The lowest BCUT2D eigenvalue weighted by molar-refractivity contribution is 0.103. The normalized spacial score (nSPS) is 10.5. The van der Waals surface area contributed by atoms with Crippen molar-refractivity contribution in [3.63, 3.8) is 0 Å². The zero-order chi connectivity index (χ0) is 14.2. The molecule has 6 heteroatoms. The quantitative estimate of drug-likeness (QED) is 0.671. The number of hydrogen-bond acceptors (Lipinski definition) is 2. The van der Waals surface area contributed by atoms with Gasteiger partial charge in [0.05, 0.1) is 21.3 Å². The first-order chi connectivity index (χ1) is 8.90. The van der Waals surface area contributed by atoms with Gasteiger partial charge >= 0.3 is 0 Å². The third-order valence-electron chi connectivity index (χ3n) is 2.49. The predicted octanol–water partition coefficient (Wildman–Crippen LogP) is 4.08. The molecule has 2 aromatic rings. The van der Waals surface area contributed by atoms with Crippen LogP contribution in [0.4, 0.5) is 14.5 Å². The van der Waals surface area contributed by atoms with Crippen LogP contribution in [-0.2, 0) is 0 Å². The van der Waals surface area contributed by atoms with Gasteiger partial charge < -0.3 is 5.73 Å². The number of carbonyl (C=O) groups excluding carboxylic acids is 1. The molecule has 0 spiro atoms. The Morgan fingerprint density at radius 1 is 1.11 bits per heavy atom. The molecule has 0 aromatic heterocycles. The van der Waals surface area contributed by atoms with E-state index in [4.69, 9.17) is 28.9 Å². The van der Waals surface area contributed by atoms with Crippen LogP contribution >= 0.6 is 23.2 Å². The van der Waals surface area contributed by atoms with Crippen molar-refractivity contribution in [3.05, 3.63) is 63.1 Å². The topological polar surface area (TPSA) is 43.1 Å². The molecule has 0 unspecified atom stereocenters. The van der Waals surface area contributed by atoms with Gasteiger partial charge in [0, 0.05) is 11.6 Å². The summed E-state index contributed by atoms with van der Waals surface area (Å²) in [5.74, 6) is -2.36. The monoisotopic (exact) mass is 301 g/mol. The predicted molar refractivity (Wildman–Crippen MR) is 70.7 cm³/mol. The van der Waals surface area contributed by atoms with E-state index >= 15 is 0 Å². The van der Waals surface area contributed by atoms with Crippen LogP contribution in [0.3, 0.4) is 0 Å². The number of rotatable bonds is 2. The SMILES string of the molecule is Nc1cc(C(=O)c2ccc(F)cc2F)cc(Cl)c1Cl. The first kappa shape index (κ1) is 13.8. The maximum atomic E-state index is 13.5. The van der Waals surface area contributed by atoms with Crippen LogP contribution in [0.25, 0.3) is 0 Å². The fraction of sp³-hybridized carbons (Fsp3) is 0. The summed E-state index contributed by atoms with van der Waals surface area (Å²) in [6, 6.07) is 5.27. The van der Waals surface area contributed by atoms with Crippen molar-refractivity contribution in [3.8, 4) is 0 Å². The Labute approximate surface area is 117 Å². The van der Waals surface area contributed by atoms with E-state index in [1.54, 1.807) is 0 Å². The maximum absolute atomic E-state index is 13.5. The molecule has 0 saturated heterocycles. The summed E-state index contributed by atoms with van der Waals surface area (Å²) >= 11 is 11.6. The second kappa shape index (κ2) is 5.15. The van der Waals surface area contributed by atoms with E-state index in [0.717, 1.165) is 12.1 Å². The van der Waals surface area contributed by atoms with Crippen LogP contribution in [0.5, 0.6) is 0 Å². The molecular formula is C13H7Cl2F2NO. The number of benzene rings is 2. The molecule has 0 bridgehead atoms. The van der Waals surface area contributed by atoms with Crippen molar-refractivity contribution < 1.29 is 13.6 Å². The summed E-state index contributed by atoms with van der Waals surface area (Å²) in [5, 5.41) is 0.213. The number of ketones is 1. The Kier molecular flexibility index (Phi) is 3.73. The van der Waals surface area contributed by atoms with E-state index in [9.17, 15) is 13.6 Å². The number of halogens is 4. The lowest BCUT2D eigenvalue weighted by Crippen LogP contribution is -2.05. The molecule has 0 saturated carbocycles. The molecule has 2 rings (SSSR count). The third kappa shape index (κ3) is 2.69. The minimum atomic E-state index is -0.949. The summed E-state index contributed by atoms with van der Waals surface area (Å²) in [4.78, 5) is 12.1. The number of nitrogens with two attached hydrogens (primary N) is 1. The van der Waals surface area contributed by atoms with Crippen molar-refractivity contribution in [1.82, 2.24) is 0 Å². The average Bonchev–Trinajstić information content (AvgIpc) is 2.34. The van der Waals surface area contributed by atoms with Gasteiger partial charge in [0.25, 0.3) is 0 Å². The molecule has 0 aliphatic rings. The largest absolute Gasteiger partial charge is 0.397 e. The second-order valence-corrected chi connectivity index (χ2v) is 4.60. The van der Waals surface area contributed by atoms with Gasteiger partial charge in [0.1, 0.15) is 11.6 Å². The molecule has 0 atom stereocenters. The molecule has 0 heterocycles. The molecule has 2 nitrogen and oxygen atoms in total. The fourth-order valence-corrected chi connectivity index (χ4v) is 1.91. The Morgan fingerprint density at radius 2 is 1.79 bits per heavy atom. The zero-order valence-corrected chi connectivity index (χ0v) is 10.9. The van der Waals surface area contributed by atoms with Crippen LogP contribution in [0, 0.1) is 11.6 Å². The van der Waals surface area contributed by atoms with Crippen LogP contribution in [0.2, 0.25) is 10.0 Å². The fourth-order valence-electron chi connectivity index (χ4n) is 1.57. The Bertz CT molecular complexity index is 651. The highest BCUT2D eigenvalue weighted by molar-refractivity contribution is 6.44. The summed E-state index contributed by atoms with van der Waals surface area (Å²) in [6.07, 6.45) is 0. The maximum Gasteiger partial charge on any atom is 0.196 e. The average molecular weight is 302 g/mol. The van der Waals surface area contributed by atoms with Crippen molar-refractivity contribution in [2.75, 3.05) is 5.73 Å². The highest BCUT2D eigenvalue weighted by Gasteiger charge is 2.17. The lowest BCUT2D eigenvalue weighted by Gasteiger charge is -2.06. The van der Waals surface area contributed by atoms with Gasteiger partial charge in [0.2, 0.25) is 0 Å². The number of nitrogen functional groups attached to an aromatic ring is 1. The van der Waals surface area contributed by atoms with Gasteiger partial charge in [-0.2, -0.15) is 0 Å². The van der Waals surface area contributed by atoms with Crippen LogP contribution in [-0.4, -0.2) is 5.78 Å². The summed E-state index contributed by atoms with van der Waals surface area (Å²) < 4.78 is 26.3. The van der Waals surface area contributed by atoms with Crippen molar-refractivity contribution in [2.24, 2.45) is 0 Å². The number of carbonyl (C=O) groups is 1. The zero-order valence-electron chi connectivity index (χ0n) is 9.38. The number of hydrogen-bond donors (Lipinski definition) is 1. The highest BCUT2D eigenvalue weighted by atomic mass is 35.5. The first-order valence-corrected chi connectivity index (χ1v) is 5.90. The van der Waals surface area contributed by atoms with Crippen LogP contribution in [0.1, 0.15) is 15.9 Å².